The topological polar surface area (TPSA) is 110 Å². The lowest BCUT2D eigenvalue weighted by molar-refractivity contribution is -0.384. The average molecular weight is 586 g/mol. The maximum absolute atomic E-state index is 13.5. The summed E-state index contributed by atoms with van der Waals surface area (Å²) in [7, 11) is -6.27. The number of rotatable bonds is 11. The van der Waals surface area contributed by atoms with E-state index in [2.05, 4.69) is 40.4 Å². The van der Waals surface area contributed by atoms with Gasteiger partial charge in [0.15, 0.2) is 8.32 Å². The number of piperazine rings is 1. The Hall–Kier alpha value is -3.12. The molecule has 1 fully saturated rings. The summed E-state index contributed by atoms with van der Waals surface area (Å²) < 4.78 is 34.5. The molecule has 11 heteroatoms. The normalized spacial score (nSPS) is 17.1. The Morgan fingerprint density at radius 3 is 2.25 bits per heavy atom. The average Bonchev–Trinajstić information content (AvgIpc) is 2.90. The molecule has 1 aliphatic rings. The number of hydrogen-bond donors (Lipinski definition) is 0. The summed E-state index contributed by atoms with van der Waals surface area (Å²) in [6.45, 7) is 14.7. The summed E-state index contributed by atoms with van der Waals surface area (Å²) in [6.07, 6.45) is 5.79. The molecule has 3 rings (SSSR count). The second kappa shape index (κ2) is 12.6. The molecule has 2 aromatic rings. The van der Waals surface area contributed by atoms with Crippen molar-refractivity contribution >= 4 is 36.0 Å². The highest BCUT2D eigenvalue weighted by molar-refractivity contribution is 7.89. The standard InChI is InChI=1S/C29H39N3O6SSi/c1-7-11-26(27(38-40(5,6)29(2,3)4)19-14-23-12-9-8-10-13-23)31-21-20-30(22-28(31)33)39(36,37)25-17-15-24(16-18-25)32(34)35/h7-10,12-19,26-27H,1,11,20-22H2,2-6H3. The molecule has 0 saturated carbocycles. The summed E-state index contributed by atoms with van der Waals surface area (Å²) >= 11 is 0. The highest BCUT2D eigenvalue weighted by Gasteiger charge is 2.43. The number of carbonyl (C=O) groups excluding carboxylic acids is 1. The Bertz CT molecular complexity index is 1340. The van der Waals surface area contributed by atoms with Gasteiger partial charge in [-0.3, -0.25) is 14.9 Å². The maximum Gasteiger partial charge on any atom is 0.269 e. The van der Waals surface area contributed by atoms with E-state index in [0.29, 0.717) is 6.42 Å². The van der Waals surface area contributed by atoms with Crippen molar-refractivity contribution in [2.24, 2.45) is 0 Å². The molecule has 1 aliphatic heterocycles. The third kappa shape index (κ3) is 7.33. The SMILES string of the molecule is C=CCC(C(C=Cc1ccccc1)O[Si](C)(C)C(C)(C)C)N1CCN(S(=O)(=O)c2ccc([N+](=O)[O-])cc2)CC1=O. The second-order valence-electron chi connectivity index (χ2n) is 11.4. The number of nitro benzene ring substituents is 1. The number of nitrogens with zero attached hydrogens (tertiary/aromatic N) is 3. The second-order valence-corrected chi connectivity index (χ2v) is 18.1. The quantitative estimate of drug-likeness (QED) is 0.150. The fraction of sp³-hybridized carbons (Fsp3) is 0.414. The van der Waals surface area contributed by atoms with Crippen molar-refractivity contribution in [3.63, 3.8) is 0 Å². The van der Waals surface area contributed by atoms with Crippen molar-refractivity contribution in [2.45, 2.75) is 62.4 Å². The zero-order valence-electron chi connectivity index (χ0n) is 23.8. The fourth-order valence-electron chi connectivity index (χ4n) is 4.25. The highest BCUT2D eigenvalue weighted by Crippen LogP contribution is 2.38. The van der Waals surface area contributed by atoms with Crippen LogP contribution in [0.4, 0.5) is 5.69 Å². The van der Waals surface area contributed by atoms with E-state index in [4.69, 9.17) is 4.43 Å². The lowest BCUT2D eigenvalue weighted by Crippen LogP contribution is -2.59. The van der Waals surface area contributed by atoms with Gasteiger partial charge in [0.25, 0.3) is 5.69 Å². The smallest absolute Gasteiger partial charge is 0.269 e. The number of nitro groups is 1. The van der Waals surface area contributed by atoms with Crippen molar-refractivity contribution < 1.29 is 22.6 Å². The molecule has 0 N–H and O–H groups in total. The Balaban J connectivity index is 1.88. The summed E-state index contributed by atoms with van der Waals surface area (Å²) in [5.74, 6) is -0.333. The van der Waals surface area contributed by atoms with Crippen molar-refractivity contribution in [3.8, 4) is 0 Å². The Labute approximate surface area is 238 Å². The molecule has 1 saturated heterocycles. The van der Waals surface area contributed by atoms with Gasteiger partial charge < -0.3 is 9.33 Å². The first-order valence-corrected chi connectivity index (χ1v) is 17.6. The number of amides is 1. The molecule has 1 heterocycles. The lowest BCUT2D eigenvalue weighted by Gasteiger charge is -2.45. The van der Waals surface area contributed by atoms with Crippen molar-refractivity contribution in [1.82, 2.24) is 9.21 Å². The number of hydrogen-bond acceptors (Lipinski definition) is 6. The molecule has 0 bridgehead atoms. The molecule has 0 spiro atoms. The van der Waals surface area contributed by atoms with E-state index in [9.17, 15) is 23.3 Å². The molecule has 2 unspecified atom stereocenters. The van der Waals surface area contributed by atoms with Crippen LogP contribution in [0.1, 0.15) is 32.8 Å². The molecule has 216 valence electrons. The first-order valence-electron chi connectivity index (χ1n) is 13.2. The van der Waals surface area contributed by atoms with Crippen LogP contribution in [0.15, 0.2) is 78.2 Å². The fourth-order valence-corrected chi connectivity index (χ4v) is 6.90. The minimum Gasteiger partial charge on any atom is -0.408 e. The third-order valence-electron chi connectivity index (χ3n) is 7.61. The van der Waals surface area contributed by atoms with Gasteiger partial charge >= 0.3 is 0 Å². The van der Waals surface area contributed by atoms with E-state index in [1.165, 1.54) is 12.1 Å². The minimum atomic E-state index is -4.01. The van der Waals surface area contributed by atoms with Crippen LogP contribution in [0.5, 0.6) is 0 Å². The molecule has 0 aromatic heterocycles. The van der Waals surface area contributed by atoms with Crippen LogP contribution < -0.4 is 0 Å². The number of carbonyl (C=O) groups is 1. The third-order valence-corrected chi connectivity index (χ3v) is 13.9. The first kappa shape index (κ1) is 31.4. The van der Waals surface area contributed by atoms with Gasteiger partial charge in [0.2, 0.25) is 15.9 Å². The molecule has 1 amide bonds. The van der Waals surface area contributed by atoms with Crippen LogP contribution in [0.3, 0.4) is 0 Å². The van der Waals surface area contributed by atoms with Gasteiger partial charge in [-0.2, -0.15) is 4.31 Å². The molecule has 0 radical (unpaired) electrons. The minimum absolute atomic E-state index is 0.0634. The van der Waals surface area contributed by atoms with E-state index in [-0.39, 0.29) is 47.2 Å². The van der Waals surface area contributed by atoms with E-state index in [1.807, 2.05) is 42.5 Å². The molecule has 40 heavy (non-hydrogen) atoms. The zero-order chi connectivity index (χ0) is 29.7. The van der Waals surface area contributed by atoms with Gasteiger partial charge in [-0.1, -0.05) is 69.3 Å². The van der Waals surface area contributed by atoms with Crippen LogP contribution in [0.2, 0.25) is 18.1 Å². The van der Waals surface area contributed by atoms with Crippen LogP contribution in [0.25, 0.3) is 6.08 Å². The Morgan fingerprint density at radius 1 is 1.10 bits per heavy atom. The van der Waals surface area contributed by atoms with Crippen LogP contribution in [-0.4, -0.2) is 68.6 Å². The number of sulfonamides is 1. The van der Waals surface area contributed by atoms with E-state index >= 15 is 0 Å². The van der Waals surface area contributed by atoms with Gasteiger partial charge in [0.05, 0.1) is 28.5 Å². The summed E-state index contributed by atoms with van der Waals surface area (Å²) in [5, 5.41) is 10.9. The van der Waals surface area contributed by atoms with Gasteiger partial charge in [0.1, 0.15) is 0 Å². The van der Waals surface area contributed by atoms with Crippen LogP contribution in [0, 0.1) is 10.1 Å². The number of non-ortho nitro benzene ring substituents is 1. The molecule has 2 aromatic carbocycles. The van der Waals surface area contributed by atoms with Crippen molar-refractivity contribution in [1.29, 1.82) is 0 Å². The lowest BCUT2D eigenvalue weighted by atomic mass is 10.0. The van der Waals surface area contributed by atoms with Crippen molar-refractivity contribution in [2.75, 3.05) is 19.6 Å². The Kier molecular flexibility index (Phi) is 9.88. The van der Waals surface area contributed by atoms with Gasteiger partial charge in [-0.05, 0) is 42.2 Å². The predicted molar refractivity (Wildman–Crippen MR) is 160 cm³/mol. The van der Waals surface area contributed by atoms with Crippen LogP contribution in [-0.2, 0) is 19.2 Å². The highest BCUT2D eigenvalue weighted by atomic mass is 32.2. The van der Waals surface area contributed by atoms with E-state index in [1.54, 1.807) is 11.0 Å². The van der Waals surface area contributed by atoms with Gasteiger partial charge in [-0.15, -0.1) is 6.58 Å². The van der Waals surface area contributed by atoms with Gasteiger partial charge in [0, 0.05) is 25.2 Å². The van der Waals surface area contributed by atoms with E-state index < -0.39 is 29.4 Å². The van der Waals surface area contributed by atoms with Gasteiger partial charge in [-0.25, -0.2) is 8.42 Å². The summed E-state index contributed by atoms with van der Waals surface area (Å²) in [6, 6.07) is 14.2. The zero-order valence-corrected chi connectivity index (χ0v) is 25.6. The molecule has 9 nitrogen and oxygen atoms in total. The first-order chi connectivity index (χ1) is 18.7. The van der Waals surface area contributed by atoms with Crippen molar-refractivity contribution in [3.05, 3.63) is 89.0 Å². The maximum atomic E-state index is 13.5. The molecule has 2 atom stereocenters. The molecular formula is C29H39N3O6SSi. The van der Waals surface area contributed by atoms with Crippen LogP contribution >= 0.6 is 0 Å². The molecular weight excluding hydrogens is 546 g/mol. The summed E-state index contributed by atoms with van der Waals surface area (Å²) in [5.41, 5.74) is 0.803. The monoisotopic (exact) mass is 585 g/mol. The molecule has 0 aliphatic carbocycles. The Morgan fingerprint density at radius 2 is 1.73 bits per heavy atom. The predicted octanol–water partition coefficient (Wildman–Crippen LogP) is 5.48. The largest absolute Gasteiger partial charge is 0.408 e. The number of benzene rings is 2. The van der Waals surface area contributed by atoms with E-state index in [0.717, 1.165) is 22.0 Å². The summed E-state index contributed by atoms with van der Waals surface area (Å²) in [4.78, 5) is 25.5.